The molecule has 1 N–H and O–H groups in total. The number of carbonyl (C=O) groups is 1. The van der Waals surface area contributed by atoms with Crippen molar-refractivity contribution in [3.05, 3.63) is 71.5 Å². The highest BCUT2D eigenvalue weighted by Gasteiger charge is 2.33. The van der Waals surface area contributed by atoms with E-state index in [1.165, 1.54) is 11.6 Å². The van der Waals surface area contributed by atoms with Gasteiger partial charge in [0.1, 0.15) is 11.4 Å². The molecule has 1 amide bonds. The lowest BCUT2D eigenvalue weighted by molar-refractivity contribution is -0.0220. The van der Waals surface area contributed by atoms with Crippen molar-refractivity contribution in [1.82, 2.24) is 10.2 Å². The molecule has 5 nitrogen and oxygen atoms in total. The maximum absolute atomic E-state index is 13.6. The van der Waals surface area contributed by atoms with Crippen LogP contribution >= 0.6 is 0 Å². The molecule has 36 heavy (non-hydrogen) atoms. The van der Waals surface area contributed by atoms with E-state index in [-0.39, 0.29) is 30.0 Å². The van der Waals surface area contributed by atoms with Crippen molar-refractivity contribution < 1.29 is 18.7 Å². The fraction of sp³-hybridized carbons (Fsp3) is 0.567. The van der Waals surface area contributed by atoms with Gasteiger partial charge in [0.05, 0.1) is 12.7 Å². The number of carbonyl (C=O) groups excluding carboxylic acids is 1. The third kappa shape index (κ3) is 8.04. The number of hydrogen-bond acceptors (Lipinski definition) is 4. The number of halogens is 1. The van der Waals surface area contributed by atoms with Crippen molar-refractivity contribution in [3.63, 3.8) is 0 Å². The molecule has 0 radical (unpaired) electrons. The van der Waals surface area contributed by atoms with Crippen molar-refractivity contribution in [1.29, 1.82) is 0 Å². The Hall–Kier alpha value is -2.44. The fourth-order valence-electron chi connectivity index (χ4n) is 5.49. The number of nitrogens with zero attached hydrogens (tertiary/aromatic N) is 1. The first-order chi connectivity index (χ1) is 17.2. The molecule has 1 heterocycles. The largest absolute Gasteiger partial charge is 0.444 e. The zero-order valence-electron chi connectivity index (χ0n) is 21.9. The van der Waals surface area contributed by atoms with E-state index in [0.717, 1.165) is 57.3 Å². The Morgan fingerprint density at radius 2 is 1.78 bits per heavy atom. The van der Waals surface area contributed by atoms with Gasteiger partial charge in [-0.3, -0.25) is 4.90 Å². The highest BCUT2D eigenvalue weighted by Crippen LogP contribution is 2.34. The minimum atomic E-state index is -0.523. The van der Waals surface area contributed by atoms with Gasteiger partial charge in [-0.2, -0.15) is 0 Å². The van der Waals surface area contributed by atoms with Crippen LogP contribution in [-0.2, 0) is 16.0 Å². The van der Waals surface area contributed by atoms with E-state index in [4.69, 9.17) is 9.47 Å². The summed E-state index contributed by atoms with van der Waals surface area (Å²) in [5.74, 6) is 0.431. The van der Waals surface area contributed by atoms with Gasteiger partial charge < -0.3 is 14.8 Å². The van der Waals surface area contributed by atoms with E-state index in [2.05, 4.69) is 34.5 Å². The topological polar surface area (TPSA) is 50.8 Å². The second-order valence-electron chi connectivity index (χ2n) is 11.4. The van der Waals surface area contributed by atoms with Crippen LogP contribution < -0.4 is 5.32 Å². The van der Waals surface area contributed by atoms with E-state index in [1.807, 2.05) is 32.9 Å². The second kappa shape index (κ2) is 12.2. The number of rotatable bonds is 7. The molecule has 2 aromatic carbocycles. The summed E-state index contributed by atoms with van der Waals surface area (Å²) < 4.78 is 25.6. The van der Waals surface area contributed by atoms with E-state index in [9.17, 15) is 9.18 Å². The lowest BCUT2D eigenvalue weighted by Gasteiger charge is -2.40. The molecule has 0 spiro atoms. The van der Waals surface area contributed by atoms with E-state index in [1.54, 1.807) is 12.1 Å². The quantitative estimate of drug-likeness (QED) is 0.490. The first-order valence-corrected chi connectivity index (χ1v) is 13.4. The molecule has 1 aliphatic heterocycles. The Morgan fingerprint density at radius 3 is 2.47 bits per heavy atom. The van der Waals surface area contributed by atoms with Gasteiger partial charge in [0.25, 0.3) is 0 Å². The average molecular weight is 497 g/mol. The zero-order chi connectivity index (χ0) is 25.5. The minimum Gasteiger partial charge on any atom is -0.444 e. The van der Waals surface area contributed by atoms with Crippen molar-refractivity contribution >= 4 is 6.09 Å². The van der Waals surface area contributed by atoms with Crippen LogP contribution in [0, 0.1) is 11.7 Å². The molecule has 2 unspecified atom stereocenters. The van der Waals surface area contributed by atoms with Crippen LogP contribution in [0.2, 0.25) is 0 Å². The molecule has 2 fully saturated rings. The second-order valence-corrected chi connectivity index (χ2v) is 11.4. The Bertz CT molecular complexity index is 970. The van der Waals surface area contributed by atoms with Crippen LogP contribution in [0.3, 0.4) is 0 Å². The number of nitrogens with one attached hydrogen (secondary N) is 1. The third-order valence-electron chi connectivity index (χ3n) is 7.31. The van der Waals surface area contributed by atoms with Crippen LogP contribution in [-0.4, -0.2) is 48.4 Å². The molecule has 1 saturated carbocycles. The van der Waals surface area contributed by atoms with Gasteiger partial charge in [0.2, 0.25) is 0 Å². The summed E-state index contributed by atoms with van der Waals surface area (Å²) in [6.45, 7) is 8.95. The predicted octanol–water partition coefficient (Wildman–Crippen LogP) is 6.28. The van der Waals surface area contributed by atoms with Crippen molar-refractivity contribution in [2.75, 3.05) is 19.7 Å². The molecular formula is C30H41FN2O3. The van der Waals surface area contributed by atoms with Gasteiger partial charge in [-0.15, -0.1) is 0 Å². The highest BCUT2D eigenvalue weighted by molar-refractivity contribution is 5.68. The van der Waals surface area contributed by atoms with Crippen molar-refractivity contribution in [2.45, 2.75) is 83.1 Å². The lowest BCUT2D eigenvalue weighted by Crippen LogP contribution is -2.53. The molecular weight excluding hydrogens is 455 g/mol. The van der Waals surface area contributed by atoms with Gasteiger partial charge in [0.15, 0.2) is 0 Å². The fourth-order valence-corrected chi connectivity index (χ4v) is 5.49. The predicted molar refractivity (Wildman–Crippen MR) is 140 cm³/mol. The van der Waals surface area contributed by atoms with Crippen LogP contribution in [0.1, 0.15) is 69.9 Å². The van der Waals surface area contributed by atoms with Gasteiger partial charge in [-0.05, 0) is 82.1 Å². The summed E-state index contributed by atoms with van der Waals surface area (Å²) in [4.78, 5) is 15.0. The Kier molecular flexibility index (Phi) is 9.02. The van der Waals surface area contributed by atoms with Crippen LogP contribution in [0.4, 0.5) is 9.18 Å². The highest BCUT2D eigenvalue weighted by atomic mass is 19.1. The summed E-state index contributed by atoms with van der Waals surface area (Å²) in [6, 6.07) is 17.5. The van der Waals surface area contributed by atoms with Crippen molar-refractivity contribution in [3.8, 4) is 0 Å². The number of benzene rings is 2. The monoisotopic (exact) mass is 496 g/mol. The van der Waals surface area contributed by atoms with Gasteiger partial charge in [-0.25, -0.2) is 9.18 Å². The van der Waals surface area contributed by atoms with Gasteiger partial charge in [-0.1, -0.05) is 42.5 Å². The normalized spacial score (nSPS) is 25.3. The molecule has 1 saturated heterocycles. The third-order valence-corrected chi connectivity index (χ3v) is 7.31. The number of hydrogen-bond donors (Lipinski definition) is 1. The summed E-state index contributed by atoms with van der Waals surface area (Å²) in [5, 5.41) is 3.13. The summed E-state index contributed by atoms with van der Waals surface area (Å²) in [6.07, 6.45) is 4.70. The van der Waals surface area contributed by atoms with Crippen LogP contribution in [0.15, 0.2) is 54.6 Å². The zero-order valence-corrected chi connectivity index (χ0v) is 21.9. The molecule has 2 aliphatic rings. The molecule has 0 aromatic heterocycles. The molecule has 1 aliphatic carbocycles. The SMILES string of the molecule is CC(C)(C)OC(=O)NC1CCN(Cc2ccccc2)CC1CO[C@H]1CC[C@@H](c2cccc(F)c2)CC1. The Labute approximate surface area is 215 Å². The molecule has 6 heteroatoms. The summed E-state index contributed by atoms with van der Waals surface area (Å²) >= 11 is 0. The standard InChI is InChI=1S/C30H41FN2O3/c1-30(2,3)36-29(34)32-28-16-17-33(19-22-8-5-4-6-9-22)20-25(28)21-35-27-14-12-23(13-15-27)24-10-7-11-26(31)18-24/h4-11,18,23,25,27-28H,12-17,19-21H2,1-3H3,(H,32,34)/t23-,25?,27+,28?. The summed E-state index contributed by atoms with van der Waals surface area (Å²) in [7, 11) is 0. The minimum absolute atomic E-state index is 0.0236. The number of ether oxygens (including phenoxy) is 2. The number of alkyl carbamates (subject to hydrolysis) is 1. The first kappa shape index (κ1) is 26.6. The van der Waals surface area contributed by atoms with E-state index < -0.39 is 5.60 Å². The number of piperidine rings is 1. The molecule has 2 aromatic rings. The van der Waals surface area contributed by atoms with Gasteiger partial charge in [0, 0.05) is 31.6 Å². The number of likely N-dealkylation sites (tertiary alicyclic amines) is 1. The molecule has 0 bridgehead atoms. The van der Waals surface area contributed by atoms with Crippen molar-refractivity contribution in [2.24, 2.45) is 5.92 Å². The van der Waals surface area contributed by atoms with E-state index in [0.29, 0.717) is 12.5 Å². The molecule has 196 valence electrons. The van der Waals surface area contributed by atoms with E-state index >= 15 is 0 Å². The lowest BCUT2D eigenvalue weighted by atomic mass is 9.82. The smallest absolute Gasteiger partial charge is 0.407 e. The van der Waals surface area contributed by atoms with Crippen LogP contribution in [0.5, 0.6) is 0 Å². The maximum atomic E-state index is 13.6. The Morgan fingerprint density at radius 1 is 1.03 bits per heavy atom. The Balaban J connectivity index is 1.32. The number of amides is 1. The summed E-state index contributed by atoms with van der Waals surface area (Å²) in [5.41, 5.74) is 1.87. The van der Waals surface area contributed by atoms with Gasteiger partial charge >= 0.3 is 6.09 Å². The first-order valence-electron chi connectivity index (χ1n) is 13.4. The average Bonchev–Trinajstić information content (AvgIpc) is 2.84. The molecule has 2 atom stereocenters. The maximum Gasteiger partial charge on any atom is 0.407 e. The molecule has 4 rings (SSSR count). The van der Waals surface area contributed by atoms with Crippen LogP contribution in [0.25, 0.3) is 0 Å².